The Morgan fingerprint density at radius 1 is 1.00 bits per heavy atom. The lowest BCUT2D eigenvalue weighted by atomic mass is 10.1. The van der Waals surface area contributed by atoms with Gasteiger partial charge in [-0.1, -0.05) is 23.7 Å². The van der Waals surface area contributed by atoms with E-state index in [0.29, 0.717) is 22.9 Å². The van der Waals surface area contributed by atoms with Crippen molar-refractivity contribution in [3.8, 4) is 5.75 Å². The largest absolute Gasteiger partial charge is 0.487 e. The van der Waals surface area contributed by atoms with Crippen molar-refractivity contribution in [2.24, 2.45) is 5.73 Å². The van der Waals surface area contributed by atoms with Gasteiger partial charge in [0.05, 0.1) is 5.02 Å². The highest BCUT2D eigenvalue weighted by molar-refractivity contribution is 6.32. The summed E-state index contributed by atoms with van der Waals surface area (Å²) in [5, 5.41) is 0.471. The van der Waals surface area contributed by atoms with E-state index in [1.165, 1.54) is 6.07 Å². The van der Waals surface area contributed by atoms with Crippen LogP contribution in [-0.2, 0) is 13.0 Å². The molecule has 0 bridgehead atoms. The minimum absolute atomic E-state index is 0.118. The number of ether oxygens (including phenoxy) is 1. The monoisotopic (exact) mass is 297 g/mol. The Balaban J connectivity index is 2.05. The van der Waals surface area contributed by atoms with Crippen molar-refractivity contribution in [1.29, 1.82) is 0 Å². The lowest BCUT2D eigenvalue weighted by Gasteiger charge is -2.09. The van der Waals surface area contributed by atoms with Crippen molar-refractivity contribution in [3.63, 3.8) is 0 Å². The van der Waals surface area contributed by atoms with Crippen LogP contribution in [0, 0.1) is 11.6 Å². The van der Waals surface area contributed by atoms with Gasteiger partial charge in [0.2, 0.25) is 0 Å². The highest BCUT2D eigenvalue weighted by atomic mass is 35.5. The first-order chi connectivity index (χ1) is 9.60. The molecule has 0 spiro atoms. The summed E-state index contributed by atoms with van der Waals surface area (Å²) in [5.41, 5.74) is 7.03. The molecule has 0 saturated carbocycles. The Morgan fingerprint density at radius 2 is 1.75 bits per heavy atom. The second-order valence-electron chi connectivity index (χ2n) is 4.34. The molecule has 2 N–H and O–H groups in total. The third-order valence-electron chi connectivity index (χ3n) is 2.81. The van der Waals surface area contributed by atoms with Crippen molar-refractivity contribution in [2.45, 2.75) is 13.0 Å². The summed E-state index contributed by atoms with van der Waals surface area (Å²) in [6.45, 7) is 0.665. The molecule has 0 aliphatic carbocycles. The van der Waals surface area contributed by atoms with Crippen LogP contribution in [0.5, 0.6) is 5.75 Å². The van der Waals surface area contributed by atoms with Crippen LogP contribution in [0.25, 0.3) is 0 Å². The number of halogens is 3. The molecule has 2 aromatic carbocycles. The lowest BCUT2D eigenvalue weighted by molar-refractivity contribution is 0.305. The predicted octanol–water partition coefficient (Wildman–Crippen LogP) is 3.70. The first-order valence-corrected chi connectivity index (χ1v) is 6.53. The number of benzene rings is 2. The molecule has 0 radical (unpaired) electrons. The average Bonchev–Trinajstić information content (AvgIpc) is 2.42. The van der Waals surface area contributed by atoms with Crippen molar-refractivity contribution in [2.75, 3.05) is 6.54 Å². The van der Waals surface area contributed by atoms with Crippen LogP contribution in [0.2, 0.25) is 5.02 Å². The Labute approximate surface area is 121 Å². The Bertz CT molecular complexity index is 604. The second kappa shape index (κ2) is 6.68. The second-order valence-corrected chi connectivity index (χ2v) is 4.75. The van der Waals surface area contributed by atoms with E-state index in [4.69, 9.17) is 22.1 Å². The molecule has 2 nitrogen and oxygen atoms in total. The maximum atomic E-state index is 13.1. The van der Waals surface area contributed by atoms with Crippen LogP contribution in [0.1, 0.15) is 11.1 Å². The van der Waals surface area contributed by atoms with Crippen molar-refractivity contribution in [3.05, 3.63) is 64.2 Å². The number of nitrogens with two attached hydrogens (primary N) is 1. The fourth-order valence-corrected chi connectivity index (χ4v) is 2.03. The topological polar surface area (TPSA) is 35.2 Å². The highest BCUT2D eigenvalue weighted by Gasteiger charge is 2.06. The number of hydrogen-bond acceptors (Lipinski definition) is 2. The third kappa shape index (κ3) is 3.68. The van der Waals surface area contributed by atoms with Gasteiger partial charge in [0.1, 0.15) is 12.4 Å². The molecule has 5 heteroatoms. The van der Waals surface area contributed by atoms with E-state index in [-0.39, 0.29) is 6.61 Å². The summed E-state index contributed by atoms with van der Waals surface area (Å²) in [7, 11) is 0. The SMILES string of the molecule is NCCc1ccc(OCc2ccc(F)c(F)c2)c(Cl)c1. The van der Waals surface area contributed by atoms with Gasteiger partial charge in [-0.25, -0.2) is 8.78 Å². The molecular formula is C15H14ClF2NO. The van der Waals surface area contributed by atoms with Crippen molar-refractivity contribution in [1.82, 2.24) is 0 Å². The number of rotatable bonds is 5. The minimum atomic E-state index is -0.893. The Kier molecular flexibility index (Phi) is 4.93. The lowest BCUT2D eigenvalue weighted by Crippen LogP contribution is -2.03. The minimum Gasteiger partial charge on any atom is -0.487 e. The highest BCUT2D eigenvalue weighted by Crippen LogP contribution is 2.26. The van der Waals surface area contributed by atoms with Gasteiger partial charge in [0.25, 0.3) is 0 Å². The summed E-state index contributed by atoms with van der Waals surface area (Å²) in [4.78, 5) is 0. The zero-order valence-electron chi connectivity index (χ0n) is 10.7. The molecule has 0 aromatic heterocycles. The van der Waals surface area contributed by atoms with Crippen LogP contribution in [0.4, 0.5) is 8.78 Å². The van der Waals surface area contributed by atoms with E-state index in [2.05, 4.69) is 0 Å². The van der Waals surface area contributed by atoms with E-state index in [0.717, 1.165) is 24.1 Å². The average molecular weight is 298 g/mol. The van der Waals surface area contributed by atoms with Gasteiger partial charge < -0.3 is 10.5 Å². The molecule has 0 atom stereocenters. The van der Waals surface area contributed by atoms with Crippen LogP contribution in [0.15, 0.2) is 36.4 Å². The van der Waals surface area contributed by atoms with E-state index >= 15 is 0 Å². The summed E-state index contributed by atoms with van der Waals surface area (Å²) in [5.74, 6) is -1.27. The standard InChI is InChI=1S/C15H14ClF2NO/c16-12-7-10(5-6-19)2-4-15(12)20-9-11-1-3-13(17)14(18)8-11/h1-4,7-8H,5-6,9,19H2. The van der Waals surface area contributed by atoms with Gasteiger partial charge >= 0.3 is 0 Å². The molecule has 0 aliphatic rings. The Hall–Kier alpha value is -1.65. The van der Waals surface area contributed by atoms with E-state index in [1.54, 1.807) is 12.1 Å². The first-order valence-electron chi connectivity index (χ1n) is 6.15. The predicted molar refractivity (Wildman–Crippen MR) is 74.9 cm³/mol. The van der Waals surface area contributed by atoms with Gasteiger partial charge in [-0.3, -0.25) is 0 Å². The van der Waals surface area contributed by atoms with Gasteiger partial charge in [0, 0.05) is 0 Å². The molecule has 0 heterocycles. The molecular weight excluding hydrogens is 284 g/mol. The van der Waals surface area contributed by atoms with Gasteiger partial charge in [0.15, 0.2) is 11.6 Å². The normalized spacial score (nSPS) is 10.6. The zero-order valence-corrected chi connectivity index (χ0v) is 11.5. The molecule has 2 rings (SSSR count). The van der Waals surface area contributed by atoms with Gasteiger partial charge in [-0.15, -0.1) is 0 Å². The van der Waals surface area contributed by atoms with E-state index in [1.807, 2.05) is 6.07 Å². The third-order valence-corrected chi connectivity index (χ3v) is 3.10. The molecule has 20 heavy (non-hydrogen) atoms. The molecule has 2 aromatic rings. The van der Waals surface area contributed by atoms with Crippen LogP contribution in [-0.4, -0.2) is 6.54 Å². The van der Waals surface area contributed by atoms with Gasteiger partial charge in [-0.2, -0.15) is 0 Å². The summed E-state index contributed by atoms with van der Waals surface area (Å²) >= 11 is 6.09. The van der Waals surface area contributed by atoms with Crippen LogP contribution in [0.3, 0.4) is 0 Å². The summed E-state index contributed by atoms with van der Waals surface area (Å²) < 4.78 is 31.3. The van der Waals surface area contributed by atoms with Gasteiger partial charge in [-0.05, 0) is 48.4 Å². The fraction of sp³-hybridized carbons (Fsp3) is 0.200. The fourth-order valence-electron chi connectivity index (χ4n) is 1.77. The molecule has 106 valence electrons. The van der Waals surface area contributed by atoms with Crippen LogP contribution >= 0.6 is 11.6 Å². The maximum Gasteiger partial charge on any atom is 0.159 e. The molecule has 0 amide bonds. The van der Waals surface area contributed by atoms with E-state index in [9.17, 15) is 8.78 Å². The molecule has 0 fully saturated rings. The quantitative estimate of drug-likeness (QED) is 0.913. The molecule has 0 unspecified atom stereocenters. The Morgan fingerprint density at radius 3 is 2.40 bits per heavy atom. The van der Waals surface area contributed by atoms with Crippen LogP contribution < -0.4 is 10.5 Å². The van der Waals surface area contributed by atoms with E-state index < -0.39 is 11.6 Å². The molecule has 0 aliphatic heterocycles. The van der Waals surface area contributed by atoms with Crippen molar-refractivity contribution >= 4 is 11.6 Å². The summed E-state index contributed by atoms with van der Waals surface area (Å²) in [6.07, 6.45) is 0.739. The summed E-state index contributed by atoms with van der Waals surface area (Å²) in [6, 6.07) is 9.04. The molecule has 0 saturated heterocycles. The number of hydrogen-bond donors (Lipinski definition) is 1. The maximum absolute atomic E-state index is 13.1. The van der Waals surface area contributed by atoms with Crippen molar-refractivity contribution < 1.29 is 13.5 Å². The smallest absolute Gasteiger partial charge is 0.159 e. The zero-order chi connectivity index (χ0) is 14.5. The first kappa shape index (κ1) is 14.8.